The molecule has 0 aromatic heterocycles. The van der Waals surface area contributed by atoms with E-state index < -0.39 is 11.5 Å². The second-order valence-corrected chi connectivity index (χ2v) is 4.84. The van der Waals surface area contributed by atoms with Crippen molar-refractivity contribution < 1.29 is 14.3 Å². The minimum absolute atomic E-state index is 0.161. The van der Waals surface area contributed by atoms with E-state index in [9.17, 15) is 9.59 Å². The molecule has 86 valence electrons. The van der Waals surface area contributed by atoms with Crippen LogP contribution in [0.2, 0.25) is 0 Å². The molecule has 1 saturated heterocycles. The molecule has 0 aliphatic carbocycles. The molecule has 2 amide bonds. The Balaban J connectivity index is 2.73. The molecule has 0 spiro atoms. The summed E-state index contributed by atoms with van der Waals surface area (Å²) in [4.78, 5) is 24.1. The van der Waals surface area contributed by atoms with Crippen LogP contribution >= 0.6 is 11.6 Å². The lowest BCUT2D eigenvalue weighted by Crippen LogP contribution is -2.42. The topological polar surface area (TPSA) is 46.6 Å². The maximum atomic E-state index is 11.6. The van der Waals surface area contributed by atoms with Gasteiger partial charge in [-0.25, -0.2) is 9.69 Å². The molecule has 0 aromatic carbocycles. The summed E-state index contributed by atoms with van der Waals surface area (Å²) < 4.78 is 4.86. The maximum Gasteiger partial charge on any atom is 0.417 e. The Bertz CT molecular complexity index is 265. The van der Waals surface area contributed by atoms with Crippen molar-refractivity contribution in [2.24, 2.45) is 5.92 Å². The number of nitrogens with zero attached hydrogens (tertiary/aromatic N) is 1. The van der Waals surface area contributed by atoms with Crippen molar-refractivity contribution in [1.82, 2.24) is 4.90 Å². The fourth-order valence-corrected chi connectivity index (χ4v) is 1.74. The number of ether oxygens (including phenoxy) is 1. The summed E-state index contributed by atoms with van der Waals surface area (Å²) in [6, 6.07) is -0.161. The molecule has 0 saturated carbocycles. The van der Waals surface area contributed by atoms with Gasteiger partial charge in [-0.1, -0.05) is 13.8 Å². The summed E-state index contributed by atoms with van der Waals surface area (Å²) in [5, 5.41) is -0.690. The Hall–Kier alpha value is -0.770. The van der Waals surface area contributed by atoms with Gasteiger partial charge in [0.2, 0.25) is 5.91 Å². The quantitative estimate of drug-likeness (QED) is 0.701. The Morgan fingerprint density at radius 2 is 2.20 bits per heavy atom. The molecule has 1 fully saturated rings. The molecule has 5 heteroatoms. The van der Waals surface area contributed by atoms with Crippen LogP contribution in [0.1, 0.15) is 27.2 Å². The summed E-state index contributed by atoms with van der Waals surface area (Å²) in [6.07, 6.45) is 0.180. The van der Waals surface area contributed by atoms with E-state index in [4.69, 9.17) is 16.3 Å². The van der Waals surface area contributed by atoms with E-state index in [1.807, 2.05) is 13.8 Å². The number of rotatable bonds is 3. The number of imide groups is 1. The van der Waals surface area contributed by atoms with Gasteiger partial charge in [-0.05, 0) is 19.3 Å². The SMILES string of the molecule is CC(C)C[C@H]1COC(=O)N1C(=O)C(C)Cl. The lowest BCUT2D eigenvalue weighted by Gasteiger charge is -2.21. The summed E-state index contributed by atoms with van der Waals surface area (Å²) in [7, 11) is 0. The second kappa shape index (κ2) is 4.84. The van der Waals surface area contributed by atoms with E-state index in [1.54, 1.807) is 6.92 Å². The van der Waals surface area contributed by atoms with Gasteiger partial charge in [0.25, 0.3) is 0 Å². The number of amides is 2. The minimum Gasteiger partial charge on any atom is -0.447 e. The predicted molar refractivity (Wildman–Crippen MR) is 56.8 cm³/mol. The van der Waals surface area contributed by atoms with E-state index in [2.05, 4.69) is 0 Å². The zero-order chi connectivity index (χ0) is 11.6. The first-order valence-electron chi connectivity index (χ1n) is 5.07. The first-order chi connectivity index (χ1) is 6.93. The van der Waals surface area contributed by atoms with E-state index in [0.717, 1.165) is 11.3 Å². The highest BCUT2D eigenvalue weighted by Gasteiger charge is 2.39. The molecule has 1 aliphatic rings. The molecule has 1 rings (SSSR count). The number of carbonyl (C=O) groups excluding carboxylic acids is 2. The van der Waals surface area contributed by atoms with Gasteiger partial charge >= 0.3 is 6.09 Å². The van der Waals surface area contributed by atoms with Crippen molar-refractivity contribution in [3.8, 4) is 0 Å². The monoisotopic (exact) mass is 233 g/mol. The molecule has 2 atom stereocenters. The number of alkyl halides is 1. The van der Waals surface area contributed by atoms with E-state index >= 15 is 0 Å². The Labute approximate surface area is 94.5 Å². The normalized spacial score (nSPS) is 23.1. The van der Waals surface area contributed by atoms with Crippen LogP contribution in [0.4, 0.5) is 4.79 Å². The van der Waals surface area contributed by atoms with Gasteiger partial charge in [-0.15, -0.1) is 11.6 Å². The maximum absolute atomic E-state index is 11.6. The van der Waals surface area contributed by atoms with Crippen LogP contribution in [0.3, 0.4) is 0 Å². The number of hydrogen-bond acceptors (Lipinski definition) is 3. The van der Waals surface area contributed by atoms with Gasteiger partial charge in [-0.2, -0.15) is 0 Å². The predicted octanol–water partition coefficient (Wildman–Crippen LogP) is 2.01. The van der Waals surface area contributed by atoms with Crippen LogP contribution in [0.25, 0.3) is 0 Å². The number of hydrogen-bond donors (Lipinski definition) is 0. The zero-order valence-electron chi connectivity index (χ0n) is 9.20. The highest BCUT2D eigenvalue weighted by atomic mass is 35.5. The molecule has 0 bridgehead atoms. The average Bonchev–Trinajstić information content (AvgIpc) is 2.45. The highest BCUT2D eigenvalue weighted by molar-refractivity contribution is 6.31. The van der Waals surface area contributed by atoms with Crippen LogP contribution < -0.4 is 0 Å². The van der Waals surface area contributed by atoms with Crippen molar-refractivity contribution in [2.75, 3.05) is 6.61 Å². The third-order valence-electron chi connectivity index (χ3n) is 2.28. The lowest BCUT2D eigenvalue weighted by atomic mass is 10.0. The van der Waals surface area contributed by atoms with Crippen LogP contribution in [-0.4, -0.2) is 34.9 Å². The third-order valence-corrected chi connectivity index (χ3v) is 2.47. The molecule has 4 nitrogen and oxygen atoms in total. The van der Waals surface area contributed by atoms with Crippen molar-refractivity contribution >= 4 is 23.6 Å². The molecule has 1 heterocycles. The van der Waals surface area contributed by atoms with Crippen molar-refractivity contribution in [3.05, 3.63) is 0 Å². The molecular formula is C10H16ClNO3. The van der Waals surface area contributed by atoms with Crippen LogP contribution in [0, 0.1) is 5.92 Å². The molecule has 1 aliphatic heterocycles. The van der Waals surface area contributed by atoms with Crippen molar-refractivity contribution in [1.29, 1.82) is 0 Å². The van der Waals surface area contributed by atoms with Crippen LogP contribution in [-0.2, 0) is 9.53 Å². The molecule has 1 unspecified atom stereocenters. The van der Waals surface area contributed by atoms with E-state index in [1.165, 1.54) is 0 Å². The van der Waals surface area contributed by atoms with Gasteiger partial charge in [0.1, 0.15) is 12.0 Å². The van der Waals surface area contributed by atoms with Crippen molar-refractivity contribution in [3.63, 3.8) is 0 Å². The third kappa shape index (κ3) is 2.84. The Morgan fingerprint density at radius 3 is 2.67 bits per heavy atom. The summed E-state index contributed by atoms with van der Waals surface area (Å²) in [6.45, 7) is 5.92. The van der Waals surface area contributed by atoms with Crippen LogP contribution in [0.5, 0.6) is 0 Å². The number of halogens is 1. The van der Waals surface area contributed by atoms with Crippen LogP contribution in [0.15, 0.2) is 0 Å². The van der Waals surface area contributed by atoms with Gasteiger partial charge in [0, 0.05) is 0 Å². The van der Waals surface area contributed by atoms with Crippen molar-refractivity contribution in [2.45, 2.75) is 38.6 Å². The standard InChI is InChI=1S/C10H16ClNO3/c1-6(2)4-8-5-15-10(14)12(8)9(13)7(3)11/h6-8H,4-5H2,1-3H3/t7?,8-/m0/s1. The van der Waals surface area contributed by atoms with E-state index in [0.29, 0.717) is 5.92 Å². The van der Waals surface area contributed by atoms with Gasteiger partial charge in [0.05, 0.1) is 6.04 Å². The fourth-order valence-electron chi connectivity index (χ4n) is 1.64. The first-order valence-corrected chi connectivity index (χ1v) is 5.51. The molecule has 15 heavy (non-hydrogen) atoms. The largest absolute Gasteiger partial charge is 0.447 e. The smallest absolute Gasteiger partial charge is 0.417 e. The Morgan fingerprint density at radius 1 is 1.60 bits per heavy atom. The van der Waals surface area contributed by atoms with Gasteiger partial charge in [-0.3, -0.25) is 4.79 Å². The summed E-state index contributed by atoms with van der Waals surface area (Å²) in [5.41, 5.74) is 0. The number of carbonyl (C=O) groups is 2. The highest BCUT2D eigenvalue weighted by Crippen LogP contribution is 2.21. The lowest BCUT2D eigenvalue weighted by molar-refractivity contribution is -0.128. The Kier molecular flexibility index (Phi) is 3.97. The van der Waals surface area contributed by atoms with Gasteiger partial charge < -0.3 is 4.74 Å². The van der Waals surface area contributed by atoms with Gasteiger partial charge in [0.15, 0.2) is 0 Å². The zero-order valence-corrected chi connectivity index (χ0v) is 9.95. The summed E-state index contributed by atoms with van der Waals surface area (Å²) in [5.74, 6) is 0.0373. The molecular weight excluding hydrogens is 218 g/mol. The fraction of sp³-hybridized carbons (Fsp3) is 0.800. The molecule has 0 radical (unpaired) electrons. The number of cyclic esters (lactones) is 1. The van der Waals surface area contributed by atoms with E-state index in [-0.39, 0.29) is 18.6 Å². The molecule has 0 aromatic rings. The average molecular weight is 234 g/mol. The summed E-state index contributed by atoms with van der Waals surface area (Å²) >= 11 is 5.68. The first kappa shape index (κ1) is 12.3. The molecule has 0 N–H and O–H groups in total. The second-order valence-electron chi connectivity index (χ2n) is 4.18. The minimum atomic E-state index is -0.690.